The number of rotatable bonds is 2. The summed E-state index contributed by atoms with van der Waals surface area (Å²) in [6.45, 7) is 1.72. The summed E-state index contributed by atoms with van der Waals surface area (Å²) in [6, 6.07) is 3.77. The van der Waals surface area contributed by atoms with Crippen LogP contribution in [0, 0.1) is 5.92 Å². The SMILES string of the molecule is CNC(=O)C1CCCN(c2ccnc(Cl)c2)C1. The molecular weight excluding hydrogens is 238 g/mol. The van der Waals surface area contributed by atoms with Gasteiger partial charge in [0.15, 0.2) is 0 Å². The van der Waals surface area contributed by atoms with Crippen LogP contribution in [0.1, 0.15) is 12.8 Å². The summed E-state index contributed by atoms with van der Waals surface area (Å²) in [5.74, 6) is 0.190. The van der Waals surface area contributed by atoms with Crippen LogP contribution in [-0.4, -0.2) is 31.0 Å². The summed E-state index contributed by atoms with van der Waals surface area (Å²) in [7, 11) is 1.69. The van der Waals surface area contributed by atoms with Crippen molar-refractivity contribution in [2.75, 3.05) is 25.0 Å². The molecule has 1 unspecified atom stereocenters. The van der Waals surface area contributed by atoms with Gasteiger partial charge in [-0.25, -0.2) is 4.98 Å². The molecule has 1 aliphatic rings. The Hall–Kier alpha value is -1.29. The fourth-order valence-corrected chi connectivity index (χ4v) is 2.39. The van der Waals surface area contributed by atoms with Gasteiger partial charge in [0.2, 0.25) is 5.91 Å². The second-order valence-corrected chi connectivity index (χ2v) is 4.62. The van der Waals surface area contributed by atoms with Crippen molar-refractivity contribution in [1.29, 1.82) is 0 Å². The fourth-order valence-electron chi connectivity index (χ4n) is 2.22. The number of carbonyl (C=O) groups excluding carboxylic acids is 1. The molecule has 4 nitrogen and oxygen atoms in total. The molecule has 1 aliphatic heterocycles. The first-order valence-electron chi connectivity index (χ1n) is 5.79. The molecule has 0 aromatic carbocycles. The van der Waals surface area contributed by atoms with E-state index < -0.39 is 0 Å². The lowest BCUT2D eigenvalue weighted by molar-refractivity contribution is -0.124. The van der Waals surface area contributed by atoms with E-state index in [1.807, 2.05) is 12.1 Å². The van der Waals surface area contributed by atoms with E-state index in [2.05, 4.69) is 15.2 Å². The van der Waals surface area contributed by atoms with Crippen molar-refractivity contribution in [3.05, 3.63) is 23.5 Å². The number of carbonyl (C=O) groups is 1. The lowest BCUT2D eigenvalue weighted by atomic mass is 9.97. The Morgan fingerprint density at radius 2 is 2.47 bits per heavy atom. The number of pyridine rings is 1. The van der Waals surface area contributed by atoms with E-state index in [1.165, 1.54) is 0 Å². The Morgan fingerprint density at radius 1 is 1.65 bits per heavy atom. The second-order valence-electron chi connectivity index (χ2n) is 4.24. The smallest absolute Gasteiger partial charge is 0.224 e. The number of amides is 1. The molecule has 0 aliphatic carbocycles. The zero-order valence-electron chi connectivity index (χ0n) is 9.82. The van der Waals surface area contributed by atoms with Crippen molar-refractivity contribution in [2.24, 2.45) is 5.92 Å². The van der Waals surface area contributed by atoms with Crippen LogP contribution in [0.5, 0.6) is 0 Å². The van der Waals surface area contributed by atoms with Crippen molar-refractivity contribution in [2.45, 2.75) is 12.8 Å². The molecule has 0 saturated carbocycles. The Bertz CT molecular complexity index is 410. The number of nitrogens with one attached hydrogen (secondary N) is 1. The number of nitrogens with zero attached hydrogens (tertiary/aromatic N) is 2. The van der Waals surface area contributed by atoms with Crippen LogP contribution in [0.3, 0.4) is 0 Å². The quantitative estimate of drug-likeness (QED) is 0.816. The van der Waals surface area contributed by atoms with Crippen LogP contribution in [0.15, 0.2) is 18.3 Å². The minimum absolute atomic E-state index is 0.0701. The molecule has 1 fully saturated rings. The molecule has 1 atom stereocenters. The van der Waals surface area contributed by atoms with E-state index in [4.69, 9.17) is 11.6 Å². The van der Waals surface area contributed by atoms with E-state index >= 15 is 0 Å². The fraction of sp³-hybridized carbons (Fsp3) is 0.500. The van der Waals surface area contributed by atoms with E-state index in [0.29, 0.717) is 5.15 Å². The van der Waals surface area contributed by atoms with E-state index in [-0.39, 0.29) is 11.8 Å². The van der Waals surface area contributed by atoms with Crippen LogP contribution in [-0.2, 0) is 4.79 Å². The van der Waals surface area contributed by atoms with Gasteiger partial charge in [0.25, 0.3) is 0 Å². The van der Waals surface area contributed by atoms with Gasteiger partial charge in [-0.3, -0.25) is 4.79 Å². The summed E-state index contributed by atoms with van der Waals surface area (Å²) in [5, 5.41) is 3.20. The van der Waals surface area contributed by atoms with Crippen LogP contribution < -0.4 is 10.2 Å². The van der Waals surface area contributed by atoms with Gasteiger partial charge in [-0.05, 0) is 25.0 Å². The van der Waals surface area contributed by atoms with Gasteiger partial charge in [-0.2, -0.15) is 0 Å². The van der Waals surface area contributed by atoms with Crippen molar-refractivity contribution in [3.8, 4) is 0 Å². The molecule has 1 N–H and O–H groups in total. The van der Waals surface area contributed by atoms with Crippen LogP contribution in [0.4, 0.5) is 5.69 Å². The molecule has 1 aromatic rings. The van der Waals surface area contributed by atoms with Gasteiger partial charge < -0.3 is 10.2 Å². The Morgan fingerprint density at radius 3 is 3.18 bits per heavy atom. The predicted octanol–water partition coefficient (Wildman–Crippen LogP) is 1.70. The average molecular weight is 254 g/mol. The highest BCUT2D eigenvalue weighted by atomic mass is 35.5. The molecule has 2 heterocycles. The van der Waals surface area contributed by atoms with Crippen LogP contribution in [0.2, 0.25) is 5.15 Å². The molecule has 1 amide bonds. The number of hydrogen-bond acceptors (Lipinski definition) is 3. The minimum atomic E-state index is 0.0701. The molecule has 92 valence electrons. The summed E-state index contributed by atoms with van der Waals surface area (Å²) in [4.78, 5) is 17.8. The van der Waals surface area contributed by atoms with Gasteiger partial charge in [-0.1, -0.05) is 11.6 Å². The topological polar surface area (TPSA) is 45.2 Å². The first kappa shape index (κ1) is 12.2. The van der Waals surface area contributed by atoms with Crippen molar-refractivity contribution >= 4 is 23.2 Å². The van der Waals surface area contributed by atoms with Gasteiger partial charge in [0.1, 0.15) is 5.15 Å². The third-order valence-electron chi connectivity index (χ3n) is 3.11. The molecule has 1 aromatic heterocycles. The number of halogens is 1. The lowest BCUT2D eigenvalue weighted by Gasteiger charge is -2.33. The standard InChI is InChI=1S/C12H16ClN3O/c1-14-12(17)9-3-2-6-16(8-9)10-4-5-15-11(13)7-10/h4-5,7,9H,2-3,6,8H2,1H3,(H,14,17). The summed E-state index contributed by atoms with van der Waals surface area (Å²) < 4.78 is 0. The molecule has 2 rings (SSSR count). The monoisotopic (exact) mass is 253 g/mol. The van der Waals surface area contributed by atoms with Gasteiger partial charge >= 0.3 is 0 Å². The average Bonchev–Trinajstić information content (AvgIpc) is 2.38. The normalized spacial score (nSPS) is 20.1. The largest absolute Gasteiger partial charge is 0.371 e. The molecule has 0 radical (unpaired) electrons. The molecular formula is C12H16ClN3O. The first-order valence-corrected chi connectivity index (χ1v) is 6.16. The van der Waals surface area contributed by atoms with E-state index in [0.717, 1.165) is 31.6 Å². The Labute approximate surface area is 106 Å². The third-order valence-corrected chi connectivity index (χ3v) is 3.32. The van der Waals surface area contributed by atoms with Crippen molar-refractivity contribution < 1.29 is 4.79 Å². The molecule has 0 bridgehead atoms. The Kier molecular flexibility index (Phi) is 3.84. The van der Waals surface area contributed by atoms with Crippen LogP contribution >= 0.6 is 11.6 Å². The van der Waals surface area contributed by atoms with Crippen LogP contribution in [0.25, 0.3) is 0 Å². The second kappa shape index (κ2) is 5.36. The maximum Gasteiger partial charge on any atom is 0.224 e. The van der Waals surface area contributed by atoms with Gasteiger partial charge in [0, 0.05) is 32.0 Å². The lowest BCUT2D eigenvalue weighted by Crippen LogP contribution is -2.42. The zero-order valence-corrected chi connectivity index (χ0v) is 10.6. The predicted molar refractivity (Wildman–Crippen MR) is 68.3 cm³/mol. The highest BCUT2D eigenvalue weighted by Crippen LogP contribution is 2.24. The number of aromatic nitrogens is 1. The highest BCUT2D eigenvalue weighted by molar-refractivity contribution is 6.29. The Balaban J connectivity index is 2.09. The first-order chi connectivity index (χ1) is 8.20. The molecule has 17 heavy (non-hydrogen) atoms. The van der Waals surface area contributed by atoms with E-state index in [1.54, 1.807) is 13.2 Å². The van der Waals surface area contributed by atoms with Gasteiger partial charge in [0.05, 0.1) is 5.92 Å². The maximum atomic E-state index is 11.6. The summed E-state index contributed by atoms with van der Waals surface area (Å²) in [6.07, 6.45) is 3.67. The third kappa shape index (κ3) is 2.88. The minimum Gasteiger partial charge on any atom is -0.371 e. The highest BCUT2D eigenvalue weighted by Gasteiger charge is 2.25. The van der Waals surface area contributed by atoms with Gasteiger partial charge in [-0.15, -0.1) is 0 Å². The molecule has 5 heteroatoms. The number of anilines is 1. The summed E-state index contributed by atoms with van der Waals surface area (Å²) >= 11 is 5.87. The van der Waals surface area contributed by atoms with E-state index in [9.17, 15) is 4.79 Å². The van der Waals surface area contributed by atoms with Crippen molar-refractivity contribution in [3.63, 3.8) is 0 Å². The summed E-state index contributed by atoms with van der Waals surface area (Å²) in [5.41, 5.74) is 1.04. The maximum absolute atomic E-state index is 11.6. The molecule has 0 spiro atoms. The number of piperidine rings is 1. The number of hydrogen-bond donors (Lipinski definition) is 1. The van der Waals surface area contributed by atoms with Crippen molar-refractivity contribution in [1.82, 2.24) is 10.3 Å². The molecule has 1 saturated heterocycles. The zero-order chi connectivity index (χ0) is 12.3.